The van der Waals surface area contributed by atoms with E-state index in [-0.39, 0.29) is 0 Å². The fraction of sp³-hybridized carbons (Fsp3) is 0.429. The van der Waals surface area contributed by atoms with Gasteiger partial charge >= 0.3 is 0 Å². The molecule has 16 heavy (non-hydrogen) atoms. The Labute approximate surface area is 95.8 Å². The minimum Gasteiger partial charge on any atom is -0.358 e. The van der Waals surface area contributed by atoms with Crippen molar-refractivity contribution in [3.05, 3.63) is 34.5 Å². The first-order valence-corrected chi connectivity index (χ1v) is 6.12. The zero-order valence-electron chi connectivity index (χ0n) is 9.77. The second kappa shape index (κ2) is 3.63. The fourth-order valence-electron chi connectivity index (χ4n) is 2.90. The van der Waals surface area contributed by atoms with E-state index < -0.39 is 0 Å². The van der Waals surface area contributed by atoms with Crippen molar-refractivity contribution in [2.24, 2.45) is 5.73 Å². The van der Waals surface area contributed by atoms with Crippen molar-refractivity contribution in [2.45, 2.75) is 39.2 Å². The molecule has 1 aliphatic rings. The minimum atomic E-state index is 0.623. The lowest BCUT2D eigenvalue weighted by atomic mass is 9.94. The number of H-pyrrole nitrogens is 1. The Morgan fingerprint density at radius 3 is 2.88 bits per heavy atom. The third-order valence-electron chi connectivity index (χ3n) is 3.65. The molecule has 3 N–H and O–H groups in total. The summed E-state index contributed by atoms with van der Waals surface area (Å²) in [5, 5.41) is 1.41. The summed E-state index contributed by atoms with van der Waals surface area (Å²) < 4.78 is 0. The van der Waals surface area contributed by atoms with Gasteiger partial charge in [0.25, 0.3) is 0 Å². The van der Waals surface area contributed by atoms with Gasteiger partial charge in [-0.1, -0.05) is 11.6 Å². The Kier molecular flexibility index (Phi) is 2.25. The predicted molar refractivity (Wildman–Crippen MR) is 67.6 cm³/mol. The molecule has 0 aliphatic heterocycles. The molecule has 1 aromatic heterocycles. The topological polar surface area (TPSA) is 41.8 Å². The molecule has 0 amide bonds. The summed E-state index contributed by atoms with van der Waals surface area (Å²) >= 11 is 0. The maximum atomic E-state index is 5.82. The molecule has 2 heteroatoms. The van der Waals surface area contributed by atoms with Crippen molar-refractivity contribution in [1.29, 1.82) is 0 Å². The van der Waals surface area contributed by atoms with E-state index >= 15 is 0 Å². The number of rotatable bonds is 1. The summed E-state index contributed by atoms with van der Waals surface area (Å²) in [4.78, 5) is 3.58. The van der Waals surface area contributed by atoms with Crippen molar-refractivity contribution in [1.82, 2.24) is 4.98 Å². The molecule has 1 heterocycles. The van der Waals surface area contributed by atoms with Gasteiger partial charge in [-0.15, -0.1) is 0 Å². The number of nitrogens with two attached hydrogens (primary N) is 1. The lowest BCUT2D eigenvalue weighted by Crippen LogP contribution is -1.99. The van der Waals surface area contributed by atoms with E-state index in [0.717, 1.165) is 0 Å². The third-order valence-corrected chi connectivity index (χ3v) is 3.65. The van der Waals surface area contributed by atoms with Crippen LogP contribution in [0.15, 0.2) is 12.1 Å². The van der Waals surface area contributed by atoms with E-state index in [1.807, 2.05) is 0 Å². The normalized spacial score (nSPS) is 15.4. The molecule has 0 fully saturated rings. The number of benzene rings is 1. The number of nitrogens with one attached hydrogen (secondary N) is 1. The highest BCUT2D eigenvalue weighted by Crippen LogP contribution is 2.31. The first kappa shape index (κ1) is 9.91. The van der Waals surface area contributed by atoms with Crippen molar-refractivity contribution < 1.29 is 0 Å². The van der Waals surface area contributed by atoms with Crippen LogP contribution in [-0.2, 0) is 19.4 Å². The molecule has 0 radical (unpaired) electrons. The van der Waals surface area contributed by atoms with Gasteiger partial charge in [0.15, 0.2) is 0 Å². The number of aryl methyl sites for hydroxylation is 3. The summed E-state index contributed by atoms with van der Waals surface area (Å²) in [6.07, 6.45) is 5.07. The molecule has 0 saturated heterocycles. The second-order valence-electron chi connectivity index (χ2n) is 4.84. The van der Waals surface area contributed by atoms with Crippen LogP contribution in [0.25, 0.3) is 10.9 Å². The van der Waals surface area contributed by atoms with Crippen LogP contribution in [0, 0.1) is 6.92 Å². The van der Waals surface area contributed by atoms with E-state index in [2.05, 4.69) is 24.0 Å². The molecule has 0 atom stereocenters. The van der Waals surface area contributed by atoms with E-state index in [9.17, 15) is 0 Å². The maximum Gasteiger partial charge on any atom is 0.0504 e. The summed E-state index contributed by atoms with van der Waals surface area (Å²) in [6.45, 7) is 2.78. The molecule has 0 unspecified atom stereocenters. The lowest BCUT2D eigenvalue weighted by Gasteiger charge is -2.10. The van der Waals surface area contributed by atoms with Crippen molar-refractivity contribution in [3.8, 4) is 0 Å². The van der Waals surface area contributed by atoms with E-state index in [1.54, 1.807) is 5.56 Å². The number of hydrogen-bond acceptors (Lipinski definition) is 1. The molecule has 1 aliphatic carbocycles. The summed E-state index contributed by atoms with van der Waals surface area (Å²) in [6, 6.07) is 4.50. The highest BCUT2D eigenvalue weighted by molar-refractivity contribution is 5.88. The fourth-order valence-corrected chi connectivity index (χ4v) is 2.90. The molecular weight excluding hydrogens is 196 g/mol. The average molecular weight is 214 g/mol. The molecular formula is C14H18N2. The van der Waals surface area contributed by atoms with E-state index in [4.69, 9.17) is 5.73 Å². The van der Waals surface area contributed by atoms with Gasteiger partial charge < -0.3 is 10.7 Å². The van der Waals surface area contributed by atoms with Crippen LogP contribution in [0.5, 0.6) is 0 Å². The van der Waals surface area contributed by atoms with Gasteiger partial charge in [0.2, 0.25) is 0 Å². The van der Waals surface area contributed by atoms with Crippen LogP contribution < -0.4 is 5.73 Å². The van der Waals surface area contributed by atoms with Gasteiger partial charge in [-0.05, 0) is 49.8 Å². The zero-order chi connectivity index (χ0) is 11.1. The molecule has 2 aromatic rings. The van der Waals surface area contributed by atoms with Crippen LogP contribution in [0.1, 0.15) is 35.2 Å². The van der Waals surface area contributed by atoms with Crippen molar-refractivity contribution in [3.63, 3.8) is 0 Å². The Morgan fingerprint density at radius 1 is 1.25 bits per heavy atom. The van der Waals surface area contributed by atoms with Crippen LogP contribution in [-0.4, -0.2) is 4.98 Å². The number of aromatic nitrogens is 1. The minimum absolute atomic E-state index is 0.623. The van der Waals surface area contributed by atoms with Gasteiger partial charge in [0.05, 0.1) is 5.52 Å². The monoisotopic (exact) mass is 214 g/mol. The average Bonchev–Trinajstić information content (AvgIpc) is 2.67. The summed E-state index contributed by atoms with van der Waals surface area (Å²) in [7, 11) is 0. The predicted octanol–water partition coefficient (Wildman–Crippen LogP) is 2.81. The van der Waals surface area contributed by atoms with Gasteiger partial charge in [0, 0.05) is 17.6 Å². The molecule has 0 spiro atoms. The smallest absolute Gasteiger partial charge is 0.0504 e. The SMILES string of the molecule is Cc1cc(CN)c2[nH]c3c(c2c1)CCCC3. The van der Waals surface area contributed by atoms with Crippen LogP contribution >= 0.6 is 0 Å². The number of aromatic amines is 1. The van der Waals surface area contributed by atoms with Crippen molar-refractivity contribution in [2.75, 3.05) is 0 Å². The Hall–Kier alpha value is -1.28. The molecule has 84 valence electrons. The second-order valence-corrected chi connectivity index (χ2v) is 4.84. The molecule has 0 bridgehead atoms. The molecule has 0 saturated carbocycles. The quantitative estimate of drug-likeness (QED) is 0.753. The van der Waals surface area contributed by atoms with Crippen LogP contribution in [0.3, 0.4) is 0 Å². The van der Waals surface area contributed by atoms with E-state index in [0.29, 0.717) is 6.54 Å². The van der Waals surface area contributed by atoms with Gasteiger partial charge in [-0.3, -0.25) is 0 Å². The molecule has 1 aromatic carbocycles. The summed E-state index contributed by atoms with van der Waals surface area (Å²) in [5.41, 5.74) is 12.7. The molecule has 3 rings (SSSR count). The van der Waals surface area contributed by atoms with E-state index in [1.165, 1.54) is 53.4 Å². The highest BCUT2D eigenvalue weighted by atomic mass is 14.7. The standard InChI is InChI=1S/C14H18N2/c1-9-6-10(8-15)14-12(7-9)11-4-2-3-5-13(11)16-14/h6-7,16H,2-5,8,15H2,1H3. The largest absolute Gasteiger partial charge is 0.358 e. The maximum absolute atomic E-state index is 5.82. The Bertz CT molecular complexity index is 537. The first-order valence-electron chi connectivity index (χ1n) is 6.12. The summed E-state index contributed by atoms with van der Waals surface area (Å²) in [5.74, 6) is 0. The Balaban J connectivity index is 2.33. The number of fused-ring (bicyclic) bond motifs is 3. The number of hydrogen-bond donors (Lipinski definition) is 2. The van der Waals surface area contributed by atoms with Gasteiger partial charge in [-0.2, -0.15) is 0 Å². The van der Waals surface area contributed by atoms with Gasteiger partial charge in [0.1, 0.15) is 0 Å². The first-order chi connectivity index (χ1) is 7.79. The van der Waals surface area contributed by atoms with Gasteiger partial charge in [-0.25, -0.2) is 0 Å². The van der Waals surface area contributed by atoms with Crippen LogP contribution in [0.4, 0.5) is 0 Å². The highest BCUT2D eigenvalue weighted by Gasteiger charge is 2.16. The third kappa shape index (κ3) is 1.37. The lowest BCUT2D eigenvalue weighted by molar-refractivity contribution is 0.680. The van der Waals surface area contributed by atoms with Crippen LogP contribution in [0.2, 0.25) is 0 Å². The zero-order valence-corrected chi connectivity index (χ0v) is 9.77. The van der Waals surface area contributed by atoms with Crippen molar-refractivity contribution >= 4 is 10.9 Å². The Morgan fingerprint density at radius 2 is 2.06 bits per heavy atom. The molecule has 2 nitrogen and oxygen atoms in total.